The van der Waals surface area contributed by atoms with Crippen LogP contribution < -0.4 is 9.47 Å². The van der Waals surface area contributed by atoms with Crippen molar-refractivity contribution in [2.75, 3.05) is 0 Å². The summed E-state index contributed by atoms with van der Waals surface area (Å²) >= 11 is 4.94. The lowest BCUT2D eigenvalue weighted by molar-refractivity contribution is 0.0702. The van der Waals surface area contributed by atoms with Crippen molar-refractivity contribution < 1.29 is 23.5 Å². The van der Waals surface area contributed by atoms with Crippen LogP contribution in [0.3, 0.4) is 0 Å². The van der Waals surface area contributed by atoms with Crippen LogP contribution in [0.4, 0.5) is 0 Å². The number of fused-ring (bicyclic) bond motifs is 2. The molecule has 7 heteroatoms. The molecule has 1 aliphatic rings. The predicted molar refractivity (Wildman–Crippen MR) is 122 cm³/mol. The third kappa shape index (κ3) is 3.49. The number of benzene rings is 2. The standard InChI is InChI=1S/C24H15BrO5S/c1-12-7-8-31-21(12)11-19-22(26)16-4-6-17(13(2)23(16)29-19)30-24(27)20-10-14-9-15(25)3-5-18(14)28-20/h3-11H,1-2H3/b19-11-. The zero-order valence-corrected chi connectivity index (χ0v) is 18.9. The fourth-order valence-electron chi connectivity index (χ4n) is 3.39. The first-order chi connectivity index (χ1) is 14.9. The maximum atomic E-state index is 12.8. The average Bonchev–Trinajstić information content (AvgIpc) is 3.43. The Morgan fingerprint density at radius 3 is 2.74 bits per heavy atom. The maximum absolute atomic E-state index is 12.8. The number of allylic oxidation sites excluding steroid dienone is 1. The van der Waals surface area contributed by atoms with E-state index in [1.807, 2.05) is 30.5 Å². The molecule has 0 N–H and O–H groups in total. The molecule has 0 fully saturated rings. The van der Waals surface area contributed by atoms with Crippen molar-refractivity contribution >= 4 is 56.1 Å². The zero-order valence-electron chi connectivity index (χ0n) is 16.5. The molecule has 0 aliphatic carbocycles. The van der Waals surface area contributed by atoms with E-state index >= 15 is 0 Å². The van der Waals surface area contributed by atoms with E-state index in [1.165, 1.54) is 0 Å². The van der Waals surface area contributed by atoms with Crippen LogP contribution in [0.1, 0.15) is 36.9 Å². The topological polar surface area (TPSA) is 65.7 Å². The molecule has 0 radical (unpaired) electrons. The number of hydrogen-bond donors (Lipinski definition) is 0. The van der Waals surface area contributed by atoms with E-state index < -0.39 is 5.97 Å². The van der Waals surface area contributed by atoms with Gasteiger partial charge in [0.15, 0.2) is 5.76 Å². The molecule has 0 amide bonds. The van der Waals surface area contributed by atoms with E-state index in [4.69, 9.17) is 13.9 Å². The van der Waals surface area contributed by atoms with Crippen molar-refractivity contribution in [3.05, 3.63) is 85.4 Å². The monoisotopic (exact) mass is 494 g/mol. The first-order valence-electron chi connectivity index (χ1n) is 9.44. The summed E-state index contributed by atoms with van der Waals surface area (Å²) in [6.07, 6.45) is 1.75. The van der Waals surface area contributed by atoms with Crippen LogP contribution in [0.2, 0.25) is 0 Å². The first kappa shape index (κ1) is 19.8. The van der Waals surface area contributed by atoms with Gasteiger partial charge in [0.1, 0.15) is 17.1 Å². The van der Waals surface area contributed by atoms with Gasteiger partial charge in [0.25, 0.3) is 0 Å². The SMILES string of the molecule is Cc1ccsc1/C=C1\Oc2c(ccc(OC(=O)c3cc4cc(Br)ccc4o3)c2C)C1=O. The van der Waals surface area contributed by atoms with Crippen molar-refractivity contribution in [2.24, 2.45) is 0 Å². The second kappa shape index (κ2) is 7.51. The van der Waals surface area contributed by atoms with Crippen LogP contribution in [0.5, 0.6) is 11.5 Å². The predicted octanol–water partition coefficient (Wildman–Crippen LogP) is 6.71. The number of carbonyl (C=O) groups excluding carboxylic acids is 2. The van der Waals surface area contributed by atoms with Crippen LogP contribution in [-0.4, -0.2) is 11.8 Å². The molecule has 5 nitrogen and oxygen atoms in total. The summed E-state index contributed by atoms with van der Waals surface area (Å²) in [6.45, 7) is 3.73. The molecule has 2 aromatic carbocycles. The van der Waals surface area contributed by atoms with Gasteiger partial charge in [0.2, 0.25) is 11.5 Å². The molecule has 5 rings (SSSR count). The van der Waals surface area contributed by atoms with Crippen molar-refractivity contribution in [3.63, 3.8) is 0 Å². The summed E-state index contributed by atoms with van der Waals surface area (Å²) in [5, 5.41) is 2.76. The number of halogens is 1. The summed E-state index contributed by atoms with van der Waals surface area (Å²) in [6, 6.07) is 12.3. The molecule has 154 valence electrons. The Bertz CT molecular complexity index is 1410. The number of rotatable bonds is 3. The summed E-state index contributed by atoms with van der Waals surface area (Å²) in [7, 11) is 0. The molecule has 4 aromatic rings. The van der Waals surface area contributed by atoms with Gasteiger partial charge in [-0.1, -0.05) is 15.9 Å². The Balaban J connectivity index is 1.43. The van der Waals surface area contributed by atoms with Gasteiger partial charge in [-0.25, -0.2) is 4.79 Å². The van der Waals surface area contributed by atoms with Crippen LogP contribution in [0, 0.1) is 13.8 Å². The Morgan fingerprint density at radius 1 is 1.13 bits per heavy atom. The average molecular weight is 495 g/mol. The molecule has 3 heterocycles. The highest BCUT2D eigenvalue weighted by atomic mass is 79.9. The van der Waals surface area contributed by atoms with E-state index in [-0.39, 0.29) is 17.3 Å². The second-order valence-corrected chi connectivity index (χ2v) is 9.02. The summed E-state index contributed by atoms with van der Waals surface area (Å²) < 4.78 is 17.9. The van der Waals surface area contributed by atoms with Gasteiger partial charge in [-0.05, 0) is 67.3 Å². The number of ketones is 1. The largest absolute Gasteiger partial charge is 0.452 e. The second-order valence-electron chi connectivity index (χ2n) is 7.16. The smallest absolute Gasteiger partial charge is 0.379 e. The highest BCUT2D eigenvalue weighted by molar-refractivity contribution is 9.10. The van der Waals surface area contributed by atoms with Crippen molar-refractivity contribution in [2.45, 2.75) is 13.8 Å². The lowest BCUT2D eigenvalue weighted by atomic mass is 10.1. The van der Waals surface area contributed by atoms with Gasteiger partial charge in [-0.3, -0.25) is 4.79 Å². The minimum absolute atomic E-state index is 0.0961. The molecular formula is C24H15BrO5S. The molecule has 0 spiro atoms. The number of thiophene rings is 1. The highest BCUT2D eigenvalue weighted by Gasteiger charge is 2.31. The van der Waals surface area contributed by atoms with E-state index in [2.05, 4.69) is 15.9 Å². The Hall–Kier alpha value is -3.16. The van der Waals surface area contributed by atoms with Gasteiger partial charge in [0.05, 0.1) is 5.56 Å². The number of carbonyl (C=O) groups is 2. The summed E-state index contributed by atoms with van der Waals surface area (Å²) in [5.74, 6) is 0.265. The fraction of sp³-hybridized carbons (Fsp3) is 0.0833. The zero-order chi connectivity index (χ0) is 21.7. The van der Waals surface area contributed by atoms with E-state index in [9.17, 15) is 9.59 Å². The van der Waals surface area contributed by atoms with Crippen LogP contribution in [0.25, 0.3) is 17.0 Å². The van der Waals surface area contributed by atoms with Crippen LogP contribution >= 0.6 is 27.3 Å². The summed E-state index contributed by atoms with van der Waals surface area (Å²) in [4.78, 5) is 26.4. The van der Waals surface area contributed by atoms with Crippen LogP contribution in [0.15, 0.2) is 62.5 Å². The molecule has 1 aliphatic heterocycles. The van der Waals surface area contributed by atoms with Gasteiger partial charge >= 0.3 is 5.97 Å². The number of furan rings is 1. The van der Waals surface area contributed by atoms with Gasteiger partial charge in [-0.15, -0.1) is 11.3 Å². The molecule has 0 saturated heterocycles. The number of ether oxygens (including phenoxy) is 2. The number of Topliss-reactive ketones (excluding diaryl/α,β-unsaturated/α-hetero) is 1. The normalized spacial score (nSPS) is 14.2. The molecule has 31 heavy (non-hydrogen) atoms. The Morgan fingerprint density at radius 2 is 1.97 bits per heavy atom. The molecular weight excluding hydrogens is 480 g/mol. The van der Waals surface area contributed by atoms with Gasteiger partial charge in [0, 0.05) is 26.4 Å². The molecule has 0 atom stereocenters. The minimum Gasteiger partial charge on any atom is -0.452 e. The van der Waals surface area contributed by atoms with Crippen molar-refractivity contribution in [1.82, 2.24) is 0 Å². The molecule has 0 bridgehead atoms. The van der Waals surface area contributed by atoms with Gasteiger partial charge in [-0.2, -0.15) is 0 Å². The third-order valence-electron chi connectivity index (χ3n) is 5.08. The lowest BCUT2D eigenvalue weighted by Crippen LogP contribution is -2.08. The van der Waals surface area contributed by atoms with Crippen molar-refractivity contribution in [3.8, 4) is 11.5 Å². The number of hydrogen-bond acceptors (Lipinski definition) is 6. The molecule has 0 unspecified atom stereocenters. The minimum atomic E-state index is -0.621. The first-order valence-corrected chi connectivity index (χ1v) is 11.1. The lowest BCUT2D eigenvalue weighted by Gasteiger charge is -2.09. The van der Waals surface area contributed by atoms with E-state index in [1.54, 1.807) is 48.6 Å². The highest BCUT2D eigenvalue weighted by Crippen LogP contribution is 2.40. The van der Waals surface area contributed by atoms with E-state index in [0.717, 1.165) is 20.3 Å². The quantitative estimate of drug-likeness (QED) is 0.180. The van der Waals surface area contributed by atoms with E-state index in [0.29, 0.717) is 28.2 Å². The molecule has 2 aromatic heterocycles. The van der Waals surface area contributed by atoms with Crippen LogP contribution in [-0.2, 0) is 0 Å². The van der Waals surface area contributed by atoms with Crippen molar-refractivity contribution in [1.29, 1.82) is 0 Å². The third-order valence-corrected chi connectivity index (χ3v) is 6.54. The van der Waals surface area contributed by atoms with Gasteiger partial charge < -0.3 is 13.9 Å². The Kier molecular flexibility index (Phi) is 4.79. The fourth-order valence-corrected chi connectivity index (χ4v) is 4.62. The summed E-state index contributed by atoms with van der Waals surface area (Å²) in [5.41, 5.74) is 2.69. The number of esters is 1. The molecule has 0 saturated carbocycles. The Labute approximate surface area is 190 Å². The number of aryl methyl sites for hydroxylation is 1. The maximum Gasteiger partial charge on any atom is 0.379 e.